The molecule has 4 rings (SSSR count). The Morgan fingerprint density at radius 3 is 2.84 bits per heavy atom. The van der Waals surface area contributed by atoms with Crippen molar-refractivity contribution in [2.75, 3.05) is 19.6 Å². The maximum absolute atomic E-state index is 13.0. The van der Waals surface area contributed by atoms with Crippen molar-refractivity contribution in [3.63, 3.8) is 0 Å². The van der Waals surface area contributed by atoms with Gasteiger partial charge in [0.2, 0.25) is 0 Å². The smallest absolute Gasteiger partial charge is 0.276 e. The lowest BCUT2D eigenvalue weighted by molar-refractivity contribution is 0.0548. The summed E-state index contributed by atoms with van der Waals surface area (Å²) in [5, 5.41) is 3.93. The SMILES string of the molecule is Cc1cc(C(=O)N2Cc3ncn(C)c3C[C@H]2CN2CCCCC2)no1. The number of likely N-dealkylation sites (tertiary alicyclic amines) is 1. The van der Waals surface area contributed by atoms with Gasteiger partial charge in [-0.05, 0) is 32.9 Å². The number of amides is 1. The van der Waals surface area contributed by atoms with Crippen LogP contribution in [0.4, 0.5) is 0 Å². The second kappa shape index (κ2) is 6.63. The molecule has 134 valence electrons. The van der Waals surface area contributed by atoms with Gasteiger partial charge >= 0.3 is 0 Å². The van der Waals surface area contributed by atoms with Gasteiger partial charge < -0.3 is 18.9 Å². The fourth-order valence-electron chi connectivity index (χ4n) is 3.98. The first-order valence-corrected chi connectivity index (χ1v) is 9.07. The van der Waals surface area contributed by atoms with Gasteiger partial charge in [-0.25, -0.2) is 4.98 Å². The Morgan fingerprint density at radius 2 is 2.12 bits per heavy atom. The molecule has 0 bridgehead atoms. The Labute approximate surface area is 147 Å². The van der Waals surface area contributed by atoms with Gasteiger partial charge in [-0.3, -0.25) is 4.79 Å². The van der Waals surface area contributed by atoms with Crippen LogP contribution < -0.4 is 0 Å². The van der Waals surface area contributed by atoms with Gasteiger partial charge in [-0.15, -0.1) is 0 Å². The van der Waals surface area contributed by atoms with Crippen LogP contribution in [0.25, 0.3) is 0 Å². The van der Waals surface area contributed by atoms with Crippen LogP contribution in [0.2, 0.25) is 0 Å². The summed E-state index contributed by atoms with van der Waals surface area (Å²) in [6, 6.07) is 1.86. The van der Waals surface area contributed by atoms with Crippen molar-refractivity contribution < 1.29 is 9.32 Å². The lowest BCUT2D eigenvalue weighted by Gasteiger charge is -2.39. The Balaban J connectivity index is 1.59. The molecule has 1 atom stereocenters. The molecule has 0 saturated carbocycles. The number of imidazole rings is 1. The topological polar surface area (TPSA) is 67.4 Å². The summed E-state index contributed by atoms with van der Waals surface area (Å²) in [5.41, 5.74) is 2.62. The van der Waals surface area contributed by atoms with Gasteiger partial charge in [0, 0.05) is 31.8 Å². The third kappa shape index (κ3) is 3.20. The molecular formula is C18H25N5O2. The number of aromatic nitrogens is 3. The first-order valence-electron chi connectivity index (χ1n) is 9.07. The van der Waals surface area contributed by atoms with Crippen LogP contribution in [0.1, 0.15) is 46.9 Å². The zero-order chi connectivity index (χ0) is 17.4. The zero-order valence-electron chi connectivity index (χ0n) is 14.9. The third-order valence-corrected chi connectivity index (χ3v) is 5.36. The standard InChI is InChI=1S/C18H25N5O2/c1-13-8-15(20-25-13)18(24)23-11-16-17(21(2)12-19-16)9-14(23)10-22-6-4-3-5-7-22/h8,12,14H,3-7,9-11H2,1-2H3/t14-/m0/s1. The second-order valence-electron chi connectivity index (χ2n) is 7.22. The fourth-order valence-corrected chi connectivity index (χ4v) is 3.98. The van der Waals surface area contributed by atoms with Crippen LogP contribution in [0.15, 0.2) is 16.9 Å². The molecule has 2 aromatic heterocycles. The maximum atomic E-state index is 13.0. The average Bonchev–Trinajstić information content (AvgIpc) is 3.21. The second-order valence-corrected chi connectivity index (χ2v) is 7.22. The largest absolute Gasteiger partial charge is 0.361 e. The van der Waals surface area contributed by atoms with E-state index in [1.807, 2.05) is 25.2 Å². The predicted octanol–water partition coefficient (Wildman–Crippen LogP) is 1.77. The number of hydrogen-bond acceptors (Lipinski definition) is 5. The quantitative estimate of drug-likeness (QED) is 0.850. The number of rotatable bonds is 3. The first-order chi connectivity index (χ1) is 12.1. The summed E-state index contributed by atoms with van der Waals surface area (Å²) in [4.78, 5) is 21.9. The molecule has 1 fully saturated rings. The molecule has 1 amide bonds. The predicted molar refractivity (Wildman–Crippen MR) is 92.1 cm³/mol. The number of piperidine rings is 1. The third-order valence-electron chi connectivity index (χ3n) is 5.36. The van der Waals surface area contributed by atoms with E-state index in [1.165, 1.54) is 25.0 Å². The number of nitrogens with zero attached hydrogens (tertiary/aromatic N) is 5. The van der Waals surface area contributed by atoms with Crippen LogP contribution in [-0.2, 0) is 20.0 Å². The lowest BCUT2D eigenvalue weighted by Crippen LogP contribution is -2.51. The van der Waals surface area contributed by atoms with Gasteiger partial charge in [-0.2, -0.15) is 0 Å². The summed E-state index contributed by atoms with van der Waals surface area (Å²) in [6.45, 7) is 5.51. The van der Waals surface area contributed by atoms with E-state index < -0.39 is 0 Å². The number of hydrogen-bond donors (Lipinski definition) is 0. The molecule has 0 aliphatic carbocycles. The molecule has 7 nitrogen and oxygen atoms in total. The molecule has 0 unspecified atom stereocenters. The Morgan fingerprint density at radius 1 is 1.32 bits per heavy atom. The molecule has 2 aliphatic heterocycles. The summed E-state index contributed by atoms with van der Waals surface area (Å²) >= 11 is 0. The molecule has 1 saturated heterocycles. The van der Waals surface area contributed by atoms with Crippen LogP contribution in [0.5, 0.6) is 0 Å². The van der Waals surface area contributed by atoms with E-state index in [1.54, 1.807) is 6.07 Å². The summed E-state index contributed by atoms with van der Waals surface area (Å²) in [5.74, 6) is 0.599. The highest BCUT2D eigenvalue weighted by Gasteiger charge is 2.35. The minimum Gasteiger partial charge on any atom is -0.361 e. The summed E-state index contributed by atoms with van der Waals surface area (Å²) < 4.78 is 7.19. The molecule has 7 heteroatoms. The molecule has 4 heterocycles. The number of aryl methyl sites for hydroxylation is 2. The van der Waals surface area contributed by atoms with Gasteiger partial charge in [0.05, 0.1) is 24.6 Å². The van der Waals surface area contributed by atoms with E-state index in [-0.39, 0.29) is 11.9 Å². The fraction of sp³-hybridized carbons (Fsp3) is 0.611. The van der Waals surface area contributed by atoms with Crippen molar-refractivity contribution in [3.8, 4) is 0 Å². The van der Waals surface area contributed by atoms with Crippen molar-refractivity contribution in [2.45, 2.75) is 45.2 Å². The van der Waals surface area contributed by atoms with Gasteiger partial charge in [0.15, 0.2) is 5.69 Å². The molecule has 25 heavy (non-hydrogen) atoms. The minimum absolute atomic E-state index is 0.0600. The Kier molecular flexibility index (Phi) is 4.33. The zero-order valence-corrected chi connectivity index (χ0v) is 14.9. The van der Waals surface area contributed by atoms with Crippen molar-refractivity contribution in [1.82, 2.24) is 24.5 Å². The number of fused-ring (bicyclic) bond motifs is 1. The minimum atomic E-state index is -0.0600. The highest BCUT2D eigenvalue weighted by molar-refractivity contribution is 5.92. The van der Waals surface area contributed by atoms with Crippen molar-refractivity contribution in [2.24, 2.45) is 7.05 Å². The normalized spacial score (nSPS) is 21.4. The molecular weight excluding hydrogens is 318 g/mol. The highest BCUT2D eigenvalue weighted by atomic mass is 16.5. The van der Waals surface area contributed by atoms with Gasteiger partial charge in [0.25, 0.3) is 5.91 Å². The van der Waals surface area contributed by atoms with Crippen molar-refractivity contribution >= 4 is 5.91 Å². The molecule has 2 aliphatic rings. The molecule has 2 aromatic rings. The van der Waals surface area contributed by atoms with Crippen molar-refractivity contribution in [1.29, 1.82) is 0 Å². The average molecular weight is 343 g/mol. The lowest BCUT2D eigenvalue weighted by atomic mass is 10.00. The van der Waals surface area contributed by atoms with E-state index in [9.17, 15) is 4.79 Å². The van der Waals surface area contributed by atoms with E-state index in [4.69, 9.17) is 4.52 Å². The van der Waals surface area contributed by atoms with Gasteiger partial charge in [-0.1, -0.05) is 11.6 Å². The molecule has 0 N–H and O–H groups in total. The van der Waals surface area contributed by atoms with Crippen molar-refractivity contribution in [3.05, 3.63) is 35.2 Å². The van der Waals surface area contributed by atoms with Crippen LogP contribution in [0, 0.1) is 6.92 Å². The van der Waals surface area contributed by atoms with Crippen LogP contribution >= 0.6 is 0 Å². The van der Waals surface area contributed by atoms with E-state index >= 15 is 0 Å². The van der Waals surface area contributed by atoms with E-state index in [2.05, 4.69) is 19.6 Å². The monoisotopic (exact) mass is 343 g/mol. The molecule has 0 radical (unpaired) electrons. The summed E-state index contributed by atoms with van der Waals surface area (Å²) in [6.07, 6.45) is 6.50. The Bertz CT molecular complexity index is 759. The molecule has 0 aromatic carbocycles. The van der Waals surface area contributed by atoms with Gasteiger partial charge in [0.1, 0.15) is 5.76 Å². The highest BCUT2D eigenvalue weighted by Crippen LogP contribution is 2.25. The van der Waals surface area contributed by atoms with Crippen LogP contribution in [-0.4, -0.2) is 56.1 Å². The van der Waals surface area contributed by atoms with Crippen LogP contribution in [0.3, 0.4) is 0 Å². The maximum Gasteiger partial charge on any atom is 0.276 e. The van der Waals surface area contributed by atoms with E-state index in [0.29, 0.717) is 18.0 Å². The van der Waals surface area contributed by atoms with E-state index in [0.717, 1.165) is 31.7 Å². The summed E-state index contributed by atoms with van der Waals surface area (Å²) in [7, 11) is 2.03. The number of carbonyl (C=O) groups is 1. The number of carbonyl (C=O) groups excluding carboxylic acids is 1. The molecule has 0 spiro atoms. The first kappa shape index (κ1) is 16.3. The Hall–Kier alpha value is -2.15.